The maximum Gasteiger partial charge on any atom is 0.232 e. The van der Waals surface area contributed by atoms with E-state index in [4.69, 9.17) is 31.7 Å². The van der Waals surface area contributed by atoms with Crippen LogP contribution < -0.4 is 20.4 Å². The number of hydrogen-bond acceptors (Lipinski definition) is 7. The van der Waals surface area contributed by atoms with Crippen molar-refractivity contribution in [3.05, 3.63) is 42.0 Å². The second kappa shape index (κ2) is 11.7. The fraction of sp³-hybridized carbons (Fsp3) is 0.593. The van der Waals surface area contributed by atoms with Crippen LogP contribution in [-0.4, -0.2) is 74.2 Å². The number of morpholine rings is 1. The molecule has 9 heteroatoms. The first kappa shape index (κ1) is 25.2. The van der Waals surface area contributed by atoms with E-state index >= 15 is 0 Å². The van der Waals surface area contributed by atoms with E-state index in [0.717, 1.165) is 70.4 Å². The van der Waals surface area contributed by atoms with Gasteiger partial charge in [-0.2, -0.15) is 9.97 Å². The molecule has 2 N–H and O–H groups in total. The number of rotatable bonds is 6. The zero-order valence-corrected chi connectivity index (χ0v) is 22.1. The van der Waals surface area contributed by atoms with Gasteiger partial charge in [0.2, 0.25) is 5.95 Å². The molecule has 5 rings (SSSR count). The fourth-order valence-electron chi connectivity index (χ4n) is 5.51. The molecule has 0 amide bonds. The first-order valence-electron chi connectivity index (χ1n) is 13.3. The van der Waals surface area contributed by atoms with E-state index in [1.165, 1.54) is 18.4 Å². The Balaban J connectivity index is 1.32. The largest absolute Gasteiger partial charge is 0.381 e. The molecule has 4 heterocycles. The average molecular weight is 511 g/mol. The van der Waals surface area contributed by atoms with E-state index in [9.17, 15) is 0 Å². The van der Waals surface area contributed by atoms with Crippen LogP contribution >= 0.6 is 12.2 Å². The average Bonchev–Trinajstić information content (AvgIpc) is 2.93. The second-order valence-corrected chi connectivity index (χ2v) is 10.7. The molecule has 1 atom stereocenters. The van der Waals surface area contributed by atoms with E-state index in [1.54, 1.807) is 0 Å². The van der Waals surface area contributed by atoms with Crippen LogP contribution in [0.1, 0.15) is 38.2 Å². The highest BCUT2D eigenvalue weighted by Crippen LogP contribution is 2.34. The van der Waals surface area contributed by atoms with Crippen molar-refractivity contribution in [3.8, 4) is 0 Å². The van der Waals surface area contributed by atoms with Gasteiger partial charge in [-0.15, -0.1) is 0 Å². The highest BCUT2D eigenvalue weighted by Gasteiger charge is 2.34. The lowest BCUT2D eigenvalue weighted by Gasteiger charge is -2.38. The van der Waals surface area contributed by atoms with E-state index in [2.05, 4.69) is 63.8 Å². The molecule has 3 saturated heterocycles. The van der Waals surface area contributed by atoms with Gasteiger partial charge >= 0.3 is 0 Å². The van der Waals surface area contributed by atoms with Gasteiger partial charge in [-0.25, -0.2) is 0 Å². The molecule has 194 valence electrons. The zero-order chi connectivity index (χ0) is 24.8. The van der Waals surface area contributed by atoms with Crippen LogP contribution in [0.2, 0.25) is 0 Å². The summed E-state index contributed by atoms with van der Waals surface area (Å²) in [7, 11) is 0. The number of thiocarbonyl (C=S) groups is 1. The Labute approximate surface area is 219 Å². The van der Waals surface area contributed by atoms with Gasteiger partial charge in [0, 0.05) is 57.4 Å². The molecular weight excluding hydrogens is 472 g/mol. The minimum Gasteiger partial charge on any atom is -0.381 e. The van der Waals surface area contributed by atoms with Gasteiger partial charge in [0.15, 0.2) is 5.11 Å². The number of ether oxygens (including phenoxy) is 2. The Morgan fingerprint density at radius 2 is 1.69 bits per heavy atom. The molecule has 0 spiro atoms. The number of benzene rings is 1. The third-order valence-corrected chi connectivity index (χ3v) is 7.91. The fourth-order valence-corrected chi connectivity index (χ4v) is 5.67. The smallest absolute Gasteiger partial charge is 0.232 e. The first-order valence-corrected chi connectivity index (χ1v) is 13.7. The molecule has 0 bridgehead atoms. The standard InChI is InChI=1S/C27H38N6O2S/c1-21-6-5-11-33(19-21)24-18-23(32-12-16-35-17-13-32)29-25(30-24)31-26(36)28-20-27(9-14-34-15-10-27)22-7-3-2-4-8-22/h2-4,7-8,18,21H,5-6,9-17,19-20H2,1H3,(H2,28,29,30,31,36). The number of anilines is 3. The third-order valence-electron chi connectivity index (χ3n) is 7.66. The van der Waals surface area contributed by atoms with Gasteiger partial charge in [-0.3, -0.25) is 0 Å². The topological polar surface area (TPSA) is 74.8 Å². The lowest BCUT2D eigenvalue weighted by molar-refractivity contribution is 0.0515. The Morgan fingerprint density at radius 1 is 1.00 bits per heavy atom. The second-order valence-electron chi connectivity index (χ2n) is 10.3. The maximum atomic E-state index is 5.74. The minimum absolute atomic E-state index is 0.00312. The van der Waals surface area contributed by atoms with Crippen LogP contribution in [0.15, 0.2) is 36.4 Å². The van der Waals surface area contributed by atoms with Crippen LogP contribution in [0.25, 0.3) is 0 Å². The number of aromatic nitrogens is 2. The minimum atomic E-state index is -0.00312. The van der Waals surface area contributed by atoms with Crippen LogP contribution in [0.5, 0.6) is 0 Å². The predicted octanol–water partition coefficient (Wildman–Crippen LogP) is 3.58. The number of hydrogen-bond donors (Lipinski definition) is 2. The van der Waals surface area contributed by atoms with Crippen molar-refractivity contribution >= 4 is 34.9 Å². The Kier molecular flexibility index (Phi) is 8.19. The summed E-state index contributed by atoms with van der Waals surface area (Å²) < 4.78 is 11.2. The van der Waals surface area contributed by atoms with Crippen LogP contribution in [0.4, 0.5) is 17.6 Å². The summed E-state index contributed by atoms with van der Waals surface area (Å²) in [6.45, 7) is 9.71. The number of piperidine rings is 1. The number of nitrogens with one attached hydrogen (secondary N) is 2. The molecule has 1 aromatic heterocycles. The molecular formula is C27H38N6O2S. The molecule has 1 aromatic carbocycles. The highest BCUT2D eigenvalue weighted by atomic mass is 32.1. The molecule has 0 saturated carbocycles. The summed E-state index contributed by atoms with van der Waals surface area (Å²) in [6.07, 6.45) is 4.39. The van der Waals surface area contributed by atoms with Gasteiger partial charge in [-0.1, -0.05) is 37.3 Å². The van der Waals surface area contributed by atoms with Crippen molar-refractivity contribution in [2.45, 2.75) is 38.0 Å². The van der Waals surface area contributed by atoms with Crippen molar-refractivity contribution in [1.82, 2.24) is 15.3 Å². The SMILES string of the molecule is CC1CCCN(c2cc(N3CCOCC3)nc(NC(=S)NCC3(c4ccccc4)CCOCC3)n2)C1. The molecule has 36 heavy (non-hydrogen) atoms. The van der Waals surface area contributed by atoms with E-state index in [-0.39, 0.29) is 5.41 Å². The van der Waals surface area contributed by atoms with E-state index in [0.29, 0.717) is 30.2 Å². The first-order chi connectivity index (χ1) is 17.6. The summed E-state index contributed by atoms with van der Waals surface area (Å²) in [4.78, 5) is 14.4. The Bertz CT molecular complexity index is 1010. The Hall–Kier alpha value is -2.49. The molecule has 0 aliphatic carbocycles. The molecule has 1 unspecified atom stereocenters. The van der Waals surface area contributed by atoms with Gasteiger partial charge in [0.1, 0.15) is 11.6 Å². The molecule has 8 nitrogen and oxygen atoms in total. The van der Waals surface area contributed by atoms with Crippen molar-refractivity contribution < 1.29 is 9.47 Å². The van der Waals surface area contributed by atoms with Crippen molar-refractivity contribution in [3.63, 3.8) is 0 Å². The molecule has 0 radical (unpaired) electrons. The van der Waals surface area contributed by atoms with Crippen molar-refractivity contribution in [1.29, 1.82) is 0 Å². The highest BCUT2D eigenvalue weighted by molar-refractivity contribution is 7.80. The summed E-state index contributed by atoms with van der Waals surface area (Å²) >= 11 is 5.74. The van der Waals surface area contributed by atoms with Crippen LogP contribution in [-0.2, 0) is 14.9 Å². The molecule has 2 aromatic rings. The Morgan fingerprint density at radius 3 is 2.42 bits per heavy atom. The van der Waals surface area contributed by atoms with Crippen LogP contribution in [0.3, 0.4) is 0 Å². The van der Waals surface area contributed by atoms with Crippen molar-refractivity contribution in [2.24, 2.45) is 5.92 Å². The molecule has 3 fully saturated rings. The number of nitrogens with zero attached hydrogens (tertiary/aromatic N) is 4. The monoisotopic (exact) mass is 510 g/mol. The summed E-state index contributed by atoms with van der Waals surface area (Å²) in [6, 6.07) is 12.8. The zero-order valence-electron chi connectivity index (χ0n) is 21.2. The normalized spacial score (nSPS) is 22.2. The predicted molar refractivity (Wildman–Crippen MR) is 148 cm³/mol. The van der Waals surface area contributed by atoms with Gasteiger partial charge in [0.25, 0.3) is 0 Å². The summed E-state index contributed by atoms with van der Waals surface area (Å²) in [5, 5.41) is 7.34. The van der Waals surface area contributed by atoms with Crippen LogP contribution in [0, 0.1) is 5.92 Å². The summed E-state index contributed by atoms with van der Waals surface area (Å²) in [5.74, 6) is 3.10. The molecule has 3 aliphatic rings. The van der Waals surface area contributed by atoms with E-state index in [1.807, 2.05) is 0 Å². The summed E-state index contributed by atoms with van der Waals surface area (Å²) in [5.41, 5.74) is 1.33. The third kappa shape index (κ3) is 6.07. The van der Waals surface area contributed by atoms with Gasteiger partial charge < -0.3 is 29.9 Å². The lowest BCUT2D eigenvalue weighted by Crippen LogP contribution is -2.45. The van der Waals surface area contributed by atoms with Crippen molar-refractivity contribution in [2.75, 3.05) is 74.3 Å². The van der Waals surface area contributed by atoms with E-state index < -0.39 is 0 Å². The van der Waals surface area contributed by atoms with Gasteiger partial charge in [0.05, 0.1) is 13.2 Å². The quantitative estimate of drug-likeness (QED) is 0.567. The lowest BCUT2D eigenvalue weighted by atomic mass is 9.74. The van der Waals surface area contributed by atoms with Gasteiger partial charge in [-0.05, 0) is 49.4 Å². The maximum absolute atomic E-state index is 5.74. The molecule has 3 aliphatic heterocycles.